The van der Waals surface area contributed by atoms with Gasteiger partial charge in [0.15, 0.2) is 0 Å². The van der Waals surface area contributed by atoms with Gasteiger partial charge >= 0.3 is 99.8 Å². The number of pyridine rings is 2. The van der Waals surface area contributed by atoms with E-state index in [-0.39, 0.29) is 20.1 Å². The third-order valence-corrected chi connectivity index (χ3v) is 13.3. The molecule has 0 amide bonds. The van der Waals surface area contributed by atoms with Crippen molar-refractivity contribution in [2.45, 2.75) is 37.5 Å². The Morgan fingerprint density at radius 1 is 0.717 bits per heavy atom. The predicted molar refractivity (Wildman–Crippen MR) is 197 cm³/mol. The van der Waals surface area contributed by atoms with E-state index in [4.69, 9.17) is 0 Å². The molecular formula is C41H38GeIrN2S-2. The van der Waals surface area contributed by atoms with Crippen molar-refractivity contribution in [3.63, 3.8) is 0 Å². The van der Waals surface area contributed by atoms with Gasteiger partial charge in [-0.1, -0.05) is 73.3 Å². The minimum Gasteiger partial charge on any atom is 0 e. The van der Waals surface area contributed by atoms with E-state index in [1.54, 1.807) is 0 Å². The van der Waals surface area contributed by atoms with Crippen LogP contribution in [0.3, 0.4) is 0 Å². The van der Waals surface area contributed by atoms with Gasteiger partial charge in [-0.15, -0.1) is 23.8 Å². The topological polar surface area (TPSA) is 25.8 Å². The molecule has 0 saturated heterocycles. The molecule has 0 spiro atoms. The van der Waals surface area contributed by atoms with Gasteiger partial charge in [-0.25, -0.2) is 0 Å². The summed E-state index contributed by atoms with van der Waals surface area (Å²) >= 11 is 0.125. The Morgan fingerprint density at radius 3 is 2.22 bits per heavy atom. The third-order valence-electron chi connectivity index (χ3n) is 7.88. The molecule has 0 aliphatic heterocycles. The van der Waals surface area contributed by atoms with E-state index in [9.17, 15) is 0 Å². The molecule has 0 bridgehead atoms. The number of thiophene rings is 1. The largest absolute Gasteiger partial charge is 0 e. The Kier molecular flexibility index (Phi) is 11.1. The number of rotatable bonds is 6. The zero-order valence-electron chi connectivity index (χ0n) is 27.0. The van der Waals surface area contributed by atoms with Crippen LogP contribution >= 0.6 is 11.3 Å². The molecule has 0 aliphatic rings. The van der Waals surface area contributed by atoms with Gasteiger partial charge in [-0.05, 0) is 51.4 Å². The summed E-state index contributed by atoms with van der Waals surface area (Å²) in [6, 6.07) is 44.9. The summed E-state index contributed by atoms with van der Waals surface area (Å²) in [5.41, 5.74) is 8.04. The van der Waals surface area contributed by atoms with Crippen LogP contribution in [0.15, 0.2) is 122 Å². The maximum absolute atomic E-state index is 4.68. The van der Waals surface area contributed by atoms with Gasteiger partial charge in [0.05, 0.1) is 0 Å². The van der Waals surface area contributed by atoms with Crippen LogP contribution in [0.2, 0.25) is 17.3 Å². The smallest absolute Gasteiger partial charge is 0 e. The van der Waals surface area contributed by atoms with Crippen molar-refractivity contribution < 1.29 is 20.1 Å². The van der Waals surface area contributed by atoms with E-state index in [0.29, 0.717) is 5.92 Å². The Bertz CT molecular complexity index is 2030. The van der Waals surface area contributed by atoms with Crippen LogP contribution < -0.4 is 4.40 Å². The van der Waals surface area contributed by atoms with Crippen LogP contribution in [0.1, 0.15) is 19.4 Å². The molecule has 7 rings (SSSR count). The van der Waals surface area contributed by atoms with Gasteiger partial charge in [0.2, 0.25) is 0 Å². The number of nitrogens with zero attached hydrogens (tertiary/aromatic N) is 2. The first-order valence-corrected chi connectivity index (χ1v) is 23.7. The Labute approximate surface area is 293 Å². The van der Waals surface area contributed by atoms with Crippen LogP contribution in [0, 0.1) is 18.1 Å². The molecule has 0 aliphatic carbocycles. The molecule has 233 valence electrons. The molecule has 5 heteroatoms. The molecule has 4 aromatic carbocycles. The van der Waals surface area contributed by atoms with Gasteiger partial charge in [-0.3, -0.25) is 0 Å². The number of fused-ring (bicyclic) bond motifs is 3. The van der Waals surface area contributed by atoms with Crippen molar-refractivity contribution in [2.75, 3.05) is 0 Å². The Morgan fingerprint density at radius 2 is 1.52 bits per heavy atom. The molecule has 1 radical (unpaired) electrons. The predicted octanol–water partition coefficient (Wildman–Crippen LogP) is 10.9. The number of hydrogen-bond acceptors (Lipinski definition) is 3. The minimum absolute atomic E-state index is 0. The van der Waals surface area contributed by atoms with Crippen LogP contribution in [-0.2, 0) is 26.5 Å². The average molecular weight is 856 g/mol. The summed E-state index contributed by atoms with van der Waals surface area (Å²) < 4.78 is 4.02. The summed E-state index contributed by atoms with van der Waals surface area (Å²) in [7, 11) is 0. The van der Waals surface area contributed by atoms with E-state index in [1.165, 1.54) is 41.3 Å². The molecule has 0 fully saturated rings. The zero-order chi connectivity index (χ0) is 31.4. The molecule has 46 heavy (non-hydrogen) atoms. The van der Waals surface area contributed by atoms with E-state index in [2.05, 4.69) is 132 Å². The second-order valence-electron chi connectivity index (χ2n) is 12.9. The fourth-order valence-corrected chi connectivity index (χ4v) is 8.92. The van der Waals surface area contributed by atoms with Crippen LogP contribution in [0.5, 0.6) is 0 Å². The zero-order valence-corrected chi connectivity index (χ0v) is 32.3. The number of aromatic nitrogens is 2. The molecule has 0 saturated carbocycles. The standard InChI is InChI=1S/C27H22NS.C14H16GeN.Ir/c1-18(2)15-19-13-14-28-25(16-19)24-10-6-9-23-22-12-11-21(17-26(22)29-27(23)24)20-7-4-3-5-8-20;1-15(2,3)13-9-10-14(16-11-13)12-7-5-4-6-8-12;/h3-9,11-14,16-18H,15H2,1-2H3;4-7,9-11H,1-3H3;/q2*-1;. The molecule has 3 aromatic heterocycles. The molecule has 0 N–H and O–H groups in total. The SMILES string of the molecule is CC(C)Cc1ccnc(-c2[c-]ccc3c2sc2cc(-c4ccccc4)ccc23)c1.[CH3][Ge]([CH3])([CH3])[c]1ccc(-c2[c-]cccc2)nc1.[Ir]. The molecule has 0 atom stereocenters. The van der Waals surface area contributed by atoms with E-state index in [0.717, 1.165) is 28.9 Å². The molecule has 3 heterocycles. The Balaban J connectivity index is 0.000000209. The van der Waals surface area contributed by atoms with Gasteiger partial charge in [0, 0.05) is 31.0 Å². The first-order chi connectivity index (χ1) is 21.8. The van der Waals surface area contributed by atoms with Crippen molar-refractivity contribution in [2.24, 2.45) is 5.92 Å². The summed E-state index contributed by atoms with van der Waals surface area (Å²) in [4.78, 5) is 9.21. The number of benzene rings is 4. The monoisotopic (exact) mass is 857 g/mol. The van der Waals surface area contributed by atoms with Gasteiger partial charge < -0.3 is 4.98 Å². The number of hydrogen-bond donors (Lipinski definition) is 0. The van der Waals surface area contributed by atoms with Crippen molar-refractivity contribution in [3.8, 4) is 33.6 Å². The van der Waals surface area contributed by atoms with Gasteiger partial charge in [-0.2, -0.15) is 11.3 Å². The average Bonchev–Trinajstić information content (AvgIpc) is 3.44. The van der Waals surface area contributed by atoms with Gasteiger partial charge in [0.25, 0.3) is 0 Å². The van der Waals surface area contributed by atoms with Gasteiger partial charge in [0.1, 0.15) is 0 Å². The van der Waals surface area contributed by atoms with Crippen molar-refractivity contribution >= 4 is 49.2 Å². The quantitative estimate of drug-likeness (QED) is 0.123. The minimum atomic E-state index is -1.72. The summed E-state index contributed by atoms with van der Waals surface area (Å²) in [5.74, 6) is 7.77. The van der Waals surface area contributed by atoms with E-state index >= 15 is 0 Å². The fourth-order valence-electron chi connectivity index (χ4n) is 5.50. The third kappa shape index (κ3) is 7.93. The summed E-state index contributed by atoms with van der Waals surface area (Å²) in [6.07, 6.45) is 5.04. The summed E-state index contributed by atoms with van der Waals surface area (Å²) in [5, 5.41) is 2.59. The fraction of sp³-hybridized carbons (Fsp3) is 0.171. The maximum Gasteiger partial charge on any atom is 0 e. The van der Waals surface area contributed by atoms with E-state index in [1.807, 2.05) is 54.1 Å². The molecule has 2 nitrogen and oxygen atoms in total. The van der Waals surface area contributed by atoms with Crippen LogP contribution in [-0.4, -0.2) is 23.2 Å². The molecular weight excluding hydrogens is 817 g/mol. The first kappa shape index (κ1) is 33.9. The Hall–Kier alpha value is -3.41. The second kappa shape index (κ2) is 15.0. The maximum atomic E-state index is 4.68. The van der Waals surface area contributed by atoms with Crippen LogP contribution in [0.4, 0.5) is 0 Å². The summed E-state index contributed by atoms with van der Waals surface area (Å²) in [6.45, 7) is 4.51. The van der Waals surface area contributed by atoms with Crippen molar-refractivity contribution in [3.05, 3.63) is 139 Å². The van der Waals surface area contributed by atoms with Crippen LogP contribution in [0.25, 0.3) is 53.8 Å². The van der Waals surface area contributed by atoms with Crippen molar-refractivity contribution in [1.29, 1.82) is 0 Å². The second-order valence-corrected chi connectivity index (χ2v) is 24.6. The van der Waals surface area contributed by atoms with Crippen molar-refractivity contribution in [1.82, 2.24) is 9.97 Å². The molecule has 0 unspecified atom stereocenters. The van der Waals surface area contributed by atoms with E-state index < -0.39 is 13.3 Å². The normalized spacial score (nSPS) is 11.3. The molecule has 7 aromatic rings. The first-order valence-electron chi connectivity index (χ1n) is 15.6.